The molecule has 246 valence electrons. The van der Waals surface area contributed by atoms with Crippen molar-refractivity contribution in [1.29, 1.82) is 0 Å². The van der Waals surface area contributed by atoms with Crippen LogP contribution in [0, 0.1) is 0 Å². The van der Waals surface area contributed by atoms with Crippen LogP contribution in [0.25, 0.3) is 11.1 Å². The fourth-order valence-electron chi connectivity index (χ4n) is 5.56. The van der Waals surface area contributed by atoms with Gasteiger partial charge >= 0.3 is 5.97 Å². The Kier molecular flexibility index (Phi) is 13.8. The Bertz CT molecular complexity index is 1420. The van der Waals surface area contributed by atoms with Gasteiger partial charge in [-0.05, 0) is 79.0 Å². The van der Waals surface area contributed by atoms with E-state index in [4.69, 9.17) is 18.9 Å². The van der Waals surface area contributed by atoms with Crippen LogP contribution in [0.5, 0.6) is 17.2 Å². The van der Waals surface area contributed by atoms with Crippen molar-refractivity contribution in [1.82, 2.24) is 10.6 Å². The lowest BCUT2D eigenvalue weighted by molar-refractivity contribution is -0.145. The van der Waals surface area contributed by atoms with Gasteiger partial charge in [0.25, 0.3) is 0 Å². The van der Waals surface area contributed by atoms with Crippen molar-refractivity contribution in [2.75, 3.05) is 52.3 Å². The zero-order valence-electron chi connectivity index (χ0n) is 27.0. The van der Waals surface area contributed by atoms with Gasteiger partial charge in [0.05, 0.1) is 40.2 Å². The van der Waals surface area contributed by atoms with Crippen LogP contribution in [0.1, 0.15) is 62.6 Å². The van der Waals surface area contributed by atoms with Gasteiger partial charge in [0.15, 0.2) is 11.5 Å². The molecule has 2 aromatic carbocycles. The Hall–Kier alpha value is -3.93. The van der Waals surface area contributed by atoms with Crippen molar-refractivity contribution >= 4 is 35.2 Å². The number of anilines is 1. The highest BCUT2D eigenvalue weighted by atomic mass is 32.2. The normalized spacial score (nSPS) is 14.1. The van der Waals surface area contributed by atoms with Crippen molar-refractivity contribution in [3.63, 3.8) is 0 Å². The highest BCUT2D eigenvalue weighted by Gasteiger charge is 2.29. The Morgan fingerprint density at radius 2 is 1.76 bits per heavy atom. The molecular formula is C33H45N3O8S. The number of hydrogen-bond acceptors (Lipinski definition) is 10. The van der Waals surface area contributed by atoms with Gasteiger partial charge in [-0.3, -0.25) is 14.4 Å². The van der Waals surface area contributed by atoms with E-state index in [0.29, 0.717) is 67.1 Å². The van der Waals surface area contributed by atoms with Crippen LogP contribution in [0.2, 0.25) is 0 Å². The molecular weight excluding hydrogens is 598 g/mol. The number of aryl methyl sites for hydroxylation is 1. The van der Waals surface area contributed by atoms with Crippen molar-refractivity contribution in [2.45, 2.75) is 64.0 Å². The monoisotopic (exact) mass is 643 g/mol. The number of hydrogen-bond donors (Lipinski definition) is 3. The van der Waals surface area contributed by atoms with Gasteiger partial charge in [-0.1, -0.05) is 12.5 Å². The van der Waals surface area contributed by atoms with E-state index >= 15 is 0 Å². The quantitative estimate of drug-likeness (QED) is 0.180. The third kappa shape index (κ3) is 9.29. The second-order valence-electron chi connectivity index (χ2n) is 10.8. The Labute approximate surface area is 269 Å². The third-order valence-corrected chi connectivity index (χ3v) is 8.39. The van der Waals surface area contributed by atoms with Crippen LogP contribution >= 0.6 is 11.8 Å². The van der Waals surface area contributed by atoms with Crippen LogP contribution in [-0.4, -0.2) is 70.8 Å². The summed E-state index contributed by atoms with van der Waals surface area (Å²) in [7, 11) is 6.00. The lowest BCUT2D eigenvalue weighted by Crippen LogP contribution is -2.41. The Morgan fingerprint density at radius 3 is 2.40 bits per heavy atom. The van der Waals surface area contributed by atoms with Crippen LogP contribution in [0.15, 0.2) is 29.1 Å². The molecule has 0 heterocycles. The molecule has 0 fully saturated rings. The van der Waals surface area contributed by atoms with Crippen molar-refractivity contribution in [2.24, 2.45) is 0 Å². The second-order valence-corrected chi connectivity index (χ2v) is 11.7. The largest absolute Gasteiger partial charge is 0.493 e. The standard InChI is InChI=1S/C33H45N3O8S/c1-20(37)35-24-13-11-21-18-28(41-2)31(42-3)32(43-4)30(21)22-12-14-25(27(38)19-23(22)24)34-16-9-7-8-10-29(39)36-26(15-17-45-6)33(40)44-5/h12,14,18-19,24,26H,7-11,13,15-17H2,1-6H3,(H,34,38)(H,35,37)(H,36,39). The molecule has 12 heteroatoms. The molecule has 0 saturated heterocycles. The van der Waals surface area contributed by atoms with E-state index in [1.54, 1.807) is 45.2 Å². The summed E-state index contributed by atoms with van der Waals surface area (Å²) >= 11 is 1.60. The maximum Gasteiger partial charge on any atom is 0.328 e. The topological polar surface area (TPSA) is 141 Å². The number of nitrogens with one attached hydrogen (secondary N) is 3. The molecule has 3 N–H and O–H groups in total. The first-order valence-corrected chi connectivity index (χ1v) is 16.5. The Morgan fingerprint density at radius 1 is 1.00 bits per heavy atom. The molecule has 0 radical (unpaired) electrons. The number of benzene rings is 1. The summed E-state index contributed by atoms with van der Waals surface area (Å²) in [5.74, 6) is 1.41. The summed E-state index contributed by atoms with van der Waals surface area (Å²) in [6, 6.07) is 6.12. The van der Waals surface area contributed by atoms with Crippen LogP contribution in [-0.2, 0) is 25.5 Å². The van der Waals surface area contributed by atoms with Crippen LogP contribution < -0.4 is 35.6 Å². The minimum Gasteiger partial charge on any atom is -0.493 e. The SMILES string of the molecule is COC(=O)C(CCSC)NC(=O)CCCCCNc1ccc2c(cc1=O)C(NC(C)=O)CCc1cc(OC)c(OC)c(OC)c1-2. The molecule has 2 atom stereocenters. The fraction of sp³-hybridized carbons (Fsp3) is 0.515. The summed E-state index contributed by atoms with van der Waals surface area (Å²) in [5.41, 5.74) is 3.43. The zero-order chi connectivity index (χ0) is 32.9. The number of esters is 1. The molecule has 2 aromatic rings. The average Bonchev–Trinajstić information content (AvgIpc) is 3.27. The molecule has 2 amide bonds. The number of ether oxygens (including phenoxy) is 4. The van der Waals surface area contributed by atoms with Crippen LogP contribution in [0.4, 0.5) is 5.69 Å². The van der Waals surface area contributed by atoms with E-state index in [1.165, 1.54) is 14.0 Å². The molecule has 45 heavy (non-hydrogen) atoms. The first-order chi connectivity index (χ1) is 21.7. The average molecular weight is 644 g/mol. The maximum atomic E-state index is 13.4. The lowest BCUT2D eigenvalue weighted by atomic mass is 9.95. The van der Waals surface area contributed by atoms with E-state index in [-0.39, 0.29) is 23.3 Å². The number of unbranched alkanes of at least 4 members (excludes halogenated alkanes) is 2. The maximum absolute atomic E-state index is 13.4. The predicted octanol–water partition coefficient (Wildman–Crippen LogP) is 4.25. The van der Waals surface area contributed by atoms with Gasteiger partial charge < -0.3 is 34.9 Å². The molecule has 0 saturated carbocycles. The summed E-state index contributed by atoms with van der Waals surface area (Å²) in [6.45, 7) is 2.00. The number of fused-ring (bicyclic) bond motifs is 3. The van der Waals surface area contributed by atoms with Gasteiger partial charge in [-0.2, -0.15) is 11.8 Å². The molecule has 2 unspecified atom stereocenters. The van der Waals surface area contributed by atoms with E-state index in [1.807, 2.05) is 18.4 Å². The number of carbonyl (C=O) groups excluding carboxylic acids is 3. The Balaban J connectivity index is 1.76. The molecule has 0 aromatic heterocycles. The van der Waals surface area contributed by atoms with Gasteiger partial charge in [0, 0.05) is 25.5 Å². The number of thioether (sulfide) groups is 1. The molecule has 0 spiro atoms. The summed E-state index contributed by atoms with van der Waals surface area (Å²) < 4.78 is 21.9. The molecule has 0 bridgehead atoms. The smallest absolute Gasteiger partial charge is 0.328 e. The molecule has 1 aliphatic carbocycles. The zero-order valence-corrected chi connectivity index (χ0v) is 27.8. The molecule has 3 rings (SSSR count). The minimum absolute atomic E-state index is 0.184. The van der Waals surface area contributed by atoms with Gasteiger partial charge in [0.1, 0.15) is 6.04 Å². The summed E-state index contributed by atoms with van der Waals surface area (Å²) in [6.07, 6.45) is 6.10. The number of rotatable bonds is 16. The third-order valence-electron chi connectivity index (χ3n) is 7.74. The minimum atomic E-state index is -0.638. The summed E-state index contributed by atoms with van der Waals surface area (Å²) in [5, 5.41) is 9.03. The highest BCUT2D eigenvalue weighted by molar-refractivity contribution is 7.98. The van der Waals surface area contributed by atoms with E-state index < -0.39 is 12.0 Å². The molecule has 1 aliphatic rings. The highest BCUT2D eigenvalue weighted by Crippen LogP contribution is 2.50. The van der Waals surface area contributed by atoms with Gasteiger partial charge in [-0.15, -0.1) is 0 Å². The fourth-order valence-corrected chi connectivity index (χ4v) is 6.03. The van der Waals surface area contributed by atoms with Crippen LogP contribution in [0.3, 0.4) is 0 Å². The second kappa shape index (κ2) is 17.5. The van der Waals surface area contributed by atoms with Crippen molar-refractivity contribution in [3.05, 3.63) is 45.6 Å². The van der Waals surface area contributed by atoms with E-state index in [0.717, 1.165) is 35.3 Å². The van der Waals surface area contributed by atoms with Gasteiger partial charge in [0.2, 0.25) is 23.0 Å². The van der Waals surface area contributed by atoms with Gasteiger partial charge in [-0.25, -0.2) is 4.79 Å². The number of carbonyl (C=O) groups is 3. The van der Waals surface area contributed by atoms with E-state index in [2.05, 4.69) is 16.0 Å². The first-order valence-electron chi connectivity index (χ1n) is 15.1. The summed E-state index contributed by atoms with van der Waals surface area (Å²) in [4.78, 5) is 49.9. The van der Waals surface area contributed by atoms with E-state index in [9.17, 15) is 19.2 Å². The molecule has 0 aliphatic heterocycles. The number of methoxy groups -OCH3 is 4. The predicted molar refractivity (Wildman–Crippen MR) is 177 cm³/mol. The molecule has 11 nitrogen and oxygen atoms in total. The van der Waals surface area contributed by atoms with Crippen molar-refractivity contribution in [3.8, 4) is 28.4 Å². The lowest BCUT2D eigenvalue weighted by Gasteiger charge is -2.19. The first kappa shape index (κ1) is 35.5. The number of amides is 2. The van der Waals surface area contributed by atoms with Crippen molar-refractivity contribution < 1.29 is 33.3 Å².